The van der Waals surface area contributed by atoms with Crippen LogP contribution in [0.15, 0.2) is 83.3 Å². The highest BCUT2D eigenvalue weighted by atomic mass is 32.2. The number of benzene rings is 2. The SMILES string of the molecule is CC(C)(C)N(Cc1ccccc1)C(=O)C1=C[CH]C(NC(=O)Cc2ccc(S(=O)(=O)CC3CC3)cc2)C=C1.[HH]. The zero-order chi connectivity index (χ0) is 26.6. The molecule has 1 fully saturated rings. The van der Waals surface area contributed by atoms with Gasteiger partial charge in [-0.25, -0.2) is 8.42 Å². The second-order valence-electron chi connectivity index (χ2n) is 10.9. The summed E-state index contributed by atoms with van der Waals surface area (Å²) in [5, 5.41) is 2.94. The second-order valence-corrected chi connectivity index (χ2v) is 12.9. The van der Waals surface area contributed by atoms with Gasteiger partial charge < -0.3 is 10.2 Å². The van der Waals surface area contributed by atoms with Crippen molar-refractivity contribution in [2.24, 2.45) is 5.92 Å². The number of hydrogen-bond acceptors (Lipinski definition) is 4. The van der Waals surface area contributed by atoms with Gasteiger partial charge in [-0.15, -0.1) is 0 Å². The normalized spacial score (nSPS) is 17.7. The predicted octanol–water partition coefficient (Wildman–Crippen LogP) is 4.67. The molecule has 197 valence electrons. The number of carbonyl (C=O) groups excluding carboxylic acids is 2. The number of amides is 2. The maximum atomic E-state index is 13.3. The van der Waals surface area contributed by atoms with Crippen LogP contribution in [0.1, 0.15) is 46.2 Å². The fourth-order valence-electron chi connectivity index (χ4n) is 4.24. The maximum absolute atomic E-state index is 13.3. The quantitative estimate of drug-likeness (QED) is 0.520. The van der Waals surface area contributed by atoms with Crippen LogP contribution < -0.4 is 5.32 Å². The molecule has 0 bridgehead atoms. The number of hydrogen-bond donors (Lipinski definition) is 1. The fraction of sp³-hybridized carbons (Fsp3) is 0.367. The van der Waals surface area contributed by atoms with E-state index in [0.717, 1.165) is 24.0 Å². The van der Waals surface area contributed by atoms with Gasteiger partial charge in [0.15, 0.2) is 9.84 Å². The van der Waals surface area contributed by atoms with Crippen molar-refractivity contribution in [3.05, 3.63) is 95.9 Å². The smallest absolute Gasteiger partial charge is 0.254 e. The van der Waals surface area contributed by atoms with E-state index < -0.39 is 9.84 Å². The molecule has 0 spiro atoms. The first-order valence-electron chi connectivity index (χ1n) is 12.7. The average molecular weight is 522 g/mol. The number of carbonyl (C=O) groups is 2. The van der Waals surface area contributed by atoms with Gasteiger partial charge in [0.25, 0.3) is 5.91 Å². The Kier molecular flexibility index (Phi) is 8.02. The van der Waals surface area contributed by atoms with Crippen LogP contribution in [0.3, 0.4) is 0 Å². The van der Waals surface area contributed by atoms with Crippen molar-refractivity contribution in [3.8, 4) is 0 Å². The van der Waals surface area contributed by atoms with Crippen molar-refractivity contribution >= 4 is 21.7 Å². The van der Waals surface area contributed by atoms with Crippen LogP contribution >= 0.6 is 0 Å². The lowest BCUT2D eigenvalue weighted by Crippen LogP contribution is -2.46. The van der Waals surface area contributed by atoms with E-state index in [1.807, 2.05) is 68.5 Å². The van der Waals surface area contributed by atoms with Crippen LogP contribution in [-0.2, 0) is 32.4 Å². The topological polar surface area (TPSA) is 83.6 Å². The summed E-state index contributed by atoms with van der Waals surface area (Å²) in [4.78, 5) is 28.1. The minimum absolute atomic E-state index is 0. The van der Waals surface area contributed by atoms with Gasteiger partial charge in [-0.05, 0) is 62.8 Å². The molecule has 0 saturated heterocycles. The lowest BCUT2D eigenvalue weighted by atomic mass is 9.98. The van der Waals surface area contributed by atoms with E-state index in [4.69, 9.17) is 0 Å². The third-order valence-corrected chi connectivity index (χ3v) is 8.48. The molecule has 2 amide bonds. The Bertz CT molecular complexity index is 1290. The summed E-state index contributed by atoms with van der Waals surface area (Å²) in [5.74, 6) is 0.253. The highest BCUT2D eigenvalue weighted by Crippen LogP contribution is 2.32. The Morgan fingerprint density at radius 2 is 1.68 bits per heavy atom. The van der Waals surface area contributed by atoms with Crippen molar-refractivity contribution < 1.29 is 19.4 Å². The van der Waals surface area contributed by atoms with Crippen molar-refractivity contribution in [3.63, 3.8) is 0 Å². The molecule has 2 aliphatic carbocycles. The van der Waals surface area contributed by atoms with E-state index in [1.165, 1.54) is 0 Å². The molecule has 1 radical (unpaired) electrons. The van der Waals surface area contributed by atoms with Crippen LogP contribution in [0.5, 0.6) is 0 Å². The van der Waals surface area contributed by atoms with Crippen LogP contribution in [-0.4, -0.2) is 42.5 Å². The Labute approximate surface area is 221 Å². The Morgan fingerprint density at radius 3 is 2.24 bits per heavy atom. The van der Waals surface area contributed by atoms with Crippen molar-refractivity contribution in [2.45, 2.75) is 63.1 Å². The summed E-state index contributed by atoms with van der Waals surface area (Å²) in [6, 6.07) is 16.2. The van der Waals surface area contributed by atoms with Gasteiger partial charge in [0.2, 0.25) is 5.91 Å². The van der Waals surface area contributed by atoms with Crippen LogP contribution in [0.25, 0.3) is 0 Å². The first-order valence-corrected chi connectivity index (χ1v) is 14.4. The molecule has 1 N–H and O–H groups in total. The average Bonchev–Trinajstić information content (AvgIpc) is 3.66. The Morgan fingerprint density at radius 1 is 1.00 bits per heavy atom. The third-order valence-electron chi connectivity index (χ3n) is 6.58. The van der Waals surface area contributed by atoms with Gasteiger partial charge in [-0.3, -0.25) is 9.59 Å². The molecule has 1 unspecified atom stereocenters. The monoisotopic (exact) mass is 521 g/mol. The summed E-state index contributed by atoms with van der Waals surface area (Å²) in [7, 11) is -3.26. The molecule has 6 nitrogen and oxygen atoms in total. The van der Waals surface area contributed by atoms with E-state index in [0.29, 0.717) is 22.9 Å². The number of nitrogens with zero attached hydrogens (tertiary/aromatic N) is 1. The van der Waals surface area contributed by atoms with E-state index in [-0.39, 0.29) is 37.0 Å². The molecule has 2 aromatic carbocycles. The minimum Gasteiger partial charge on any atom is -0.349 e. The molecule has 2 aliphatic rings. The second kappa shape index (κ2) is 11.1. The van der Waals surface area contributed by atoms with E-state index >= 15 is 0 Å². The molecule has 1 saturated carbocycles. The highest BCUT2D eigenvalue weighted by Gasteiger charge is 2.30. The van der Waals surface area contributed by atoms with Crippen LogP contribution in [0.2, 0.25) is 0 Å². The van der Waals surface area contributed by atoms with Gasteiger partial charge in [0.05, 0.1) is 23.1 Å². The lowest BCUT2D eigenvalue weighted by molar-refractivity contribution is -0.132. The zero-order valence-electron chi connectivity index (χ0n) is 21.7. The number of nitrogens with one attached hydrogen (secondary N) is 1. The summed E-state index contributed by atoms with van der Waals surface area (Å²) >= 11 is 0. The maximum Gasteiger partial charge on any atom is 0.254 e. The van der Waals surface area contributed by atoms with Crippen molar-refractivity contribution in [2.75, 3.05) is 5.75 Å². The molecular formula is C30H37N2O4S. The molecule has 1 atom stereocenters. The van der Waals surface area contributed by atoms with Crippen LogP contribution in [0, 0.1) is 12.3 Å². The summed E-state index contributed by atoms with van der Waals surface area (Å²) in [5.41, 5.74) is 2.02. The van der Waals surface area contributed by atoms with Gasteiger partial charge in [-0.1, -0.05) is 60.7 Å². The van der Waals surface area contributed by atoms with Gasteiger partial charge in [-0.2, -0.15) is 0 Å². The van der Waals surface area contributed by atoms with Gasteiger partial charge in [0.1, 0.15) is 0 Å². The molecule has 0 aromatic heterocycles. The summed E-state index contributed by atoms with van der Waals surface area (Å²) < 4.78 is 24.8. The van der Waals surface area contributed by atoms with Crippen LogP contribution in [0.4, 0.5) is 0 Å². The van der Waals surface area contributed by atoms with E-state index in [9.17, 15) is 18.0 Å². The lowest BCUT2D eigenvalue weighted by Gasteiger charge is -2.36. The minimum atomic E-state index is -3.26. The van der Waals surface area contributed by atoms with E-state index in [2.05, 4.69) is 5.32 Å². The number of sulfone groups is 1. The Hall–Kier alpha value is -3.19. The fourth-order valence-corrected chi connectivity index (χ4v) is 5.93. The van der Waals surface area contributed by atoms with Gasteiger partial charge in [0, 0.05) is 25.5 Å². The Balaban J connectivity index is 0.00000400. The van der Waals surface area contributed by atoms with Crippen molar-refractivity contribution in [1.82, 2.24) is 10.2 Å². The first-order chi connectivity index (χ1) is 17.5. The summed E-state index contributed by atoms with van der Waals surface area (Å²) in [6.45, 7) is 6.56. The van der Waals surface area contributed by atoms with E-state index in [1.54, 1.807) is 36.4 Å². The highest BCUT2D eigenvalue weighted by molar-refractivity contribution is 7.91. The zero-order valence-corrected chi connectivity index (χ0v) is 22.5. The third kappa shape index (κ3) is 7.41. The molecule has 37 heavy (non-hydrogen) atoms. The molecule has 2 aromatic rings. The number of rotatable bonds is 9. The molecule has 0 heterocycles. The molecule has 7 heteroatoms. The summed E-state index contributed by atoms with van der Waals surface area (Å²) in [6.07, 6.45) is 9.25. The largest absolute Gasteiger partial charge is 0.349 e. The molecule has 0 aliphatic heterocycles. The van der Waals surface area contributed by atoms with Crippen molar-refractivity contribution in [1.29, 1.82) is 0 Å². The first kappa shape index (κ1) is 26.9. The molecule has 4 rings (SSSR count). The standard InChI is InChI=1S/C30H35N2O4S.H2/c1-30(2,3)32(20-23-7-5-4-6-8-23)29(34)25-13-15-26(16-14-25)31-28(33)19-22-11-17-27(18-12-22)37(35,36)21-24-9-10-24;/h4-8,11-18,24,26H,9-10,19-21H2,1-3H3,(H,31,33);1H. The van der Waals surface area contributed by atoms with Gasteiger partial charge >= 0.3 is 0 Å². The molecular weight excluding hydrogens is 484 g/mol. The predicted molar refractivity (Wildman–Crippen MR) is 147 cm³/mol.